The summed E-state index contributed by atoms with van der Waals surface area (Å²) in [6.45, 7) is 4.28. The minimum atomic E-state index is -0.414. The third-order valence-electron chi connectivity index (χ3n) is 3.32. The van der Waals surface area contributed by atoms with E-state index in [4.69, 9.17) is 11.6 Å². The van der Waals surface area contributed by atoms with Crippen molar-refractivity contribution >= 4 is 17.5 Å². The van der Waals surface area contributed by atoms with E-state index in [-0.39, 0.29) is 18.2 Å². The van der Waals surface area contributed by atoms with E-state index >= 15 is 0 Å². The molecular weight excluding hydrogens is 307 g/mol. The average molecular weight is 325 g/mol. The quantitative estimate of drug-likeness (QED) is 0.888. The lowest BCUT2D eigenvalue weighted by Gasteiger charge is -2.23. The summed E-state index contributed by atoms with van der Waals surface area (Å²) in [5.74, 6) is -0.530. The summed E-state index contributed by atoms with van der Waals surface area (Å²) in [4.78, 5) is 15.9. The molecule has 1 N–H and O–H groups in total. The molecule has 5 nitrogen and oxygen atoms in total. The molecule has 0 aliphatic carbocycles. The number of rotatable bonds is 6. The first-order valence-electron chi connectivity index (χ1n) is 7.04. The van der Waals surface area contributed by atoms with Gasteiger partial charge in [-0.1, -0.05) is 31.5 Å². The van der Waals surface area contributed by atoms with Crippen LogP contribution < -0.4 is 5.32 Å². The molecule has 1 aromatic heterocycles. The Morgan fingerprint density at radius 1 is 1.45 bits per heavy atom. The highest BCUT2D eigenvalue weighted by molar-refractivity contribution is 6.30. The van der Waals surface area contributed by atoms with Crippen molar-refractivity contribution in [1.82, 2.24) is 20.1 Å². The molecule has 0 saturated carbocycles. The van der Waals surface area contributed by atoms with Gasteiger partial charge in [-0.15, -0.1) is 0 Å². The molecule has 0 aliphatic rings. The highest BCUT2D eigenvalue weighted by Gasteiger charge is 2.21. The van der Waals surface area contributed by atoms with Gasteiger partial charge in [0.05, 0.1) is 12.6 Å². The number of aryl methyl sites for hydroxylation is 1. The molecule has 0 fully saturated rings. The number of carbonyl (C=O) groups is 1. The fourth-order valence-electron chi connectivity index (χ4n) is 2.17. The van der Waals surface area contributed by atoms with Crippen LogP contribution in [-0.4, -0.2) is 20.7 Å². The topological polar surface area (TPSA) is 59.8 Å². The summed E-state index contributed by atoms with van der Waals surface area (Å²) in [5.41, 5.74) is 0.438. The van der Waals surface area contributed by atoms with Crippen LogP contribution in [0, 0.1) is 11.7 Å². The fraction of sp³-hybridized carbons (Fsp3) is 0.400. The van der Waals surface area contributed by atoms with Crippen molar-refractivity contribution in [2.45, 2.75) is 32.9 Å². The molecule has 0 radical (unpaired) electrons. The molecule has 0 aliphatic heterocycles. The van der Waals surface area contributed by atoms with Gasteiger partial charge in [-0.25, -0.2) is 9.37 Å². The molecule has 1 atom stereocenters. The summed E-state index contributed by atoms with van der Waals surface area (Å²) in [6, 6.07) is 4.09. The van der Waals surface area contributed by atoms with Crippen LogP contribution in [-0.2, 0) is 11.3 Å². The van der Waals surface area contributed by atoms with Crippen molar-refractivity contribution in [3.05, 3.63) is 47.3 Å². The third kappa shape index (κ3) is 4.27. The molecule has 2 rings (SSSR count). The minimum Gasteiger partial charge on any atom is -0.349 e. The Bertz CT molecular complexity index is 630. The van der Waals surface area contributed by atoms with E-state index in [1.165, 1.54) is 12.4 Å². The Balaban J connectivity index is 2.03. The van der Waals surface area contributed by atoms with Crippen LogP contribution in [0.2, 0.25) is 5.02 Å². The maximum atomic E-state index is 14.1. The normalized spacial score (nSPS) is 12.4. The average Bonchev–Trinajstić information content (AvgIpc) is 2.96. The van der Waals surface area contributed by atoms with E-state index in [2.05, 4.69) is 15.4 Å². The summed E-state index contributed by atoms with van der Waals surface area (Å²) >= 11 is 5.77. The number of nitrogens with one attached hydrogen (secondary N) is 1. The van der Waals surface area contributed by atoms with Gasteiger partial charge in [0.1, 0.15) is 18.5 Å². The number of halogens is 2. The molecule has 7 heteroatoms. The number of benzene rings is 1. The Labute approximate surface area is 133 Å². The lowest BCUT2D eigenvalue weighted by Crippen LogP contribution is -2.32. The fourth-order valence-corrected chi connectivity index (χ4v) is 2.33. The second-order valence-corrected chi connectivity index (χ2v) is 5.80. The van der Waals surface area contributed by atoms with Crippen molar-refractivity contribution in [1.29, 1.82) is 0 Å². The van der Waals surface area contributed by atoms with Crippen molar-refractivity contribution in [3.8, 4) is 0 Å². The Kier molecular flexibility index (Phi) is 5.49. The van der Waals surface area contributed by atoms with Crippen LogP contribution in [0.5, 0.6) is 0 Å². The van der Waals surface area contributed by atoms with Crippen molar-refractivity contribution in [2.24, 2.45) is 5.92 Å². The van der Waals surface area contributed by atoms with Crippen LogP contribution in [0.1, 0.15) is 31.9 Å². The van der Waals surface area contributed by atoms with Gasteiger partial charge in [0, 0.05) is 17.0 Å². The zero-order valence-electron chi connectivity index (χ0n) is 12.5. The van der Waals surface area contributed by atoms with Gasteiger partial charge in [-0.05, 0) is 18.1 Å². The Hall–Kier alpha value is -1.95. The number of amides is 1. The standard InChI is InChI=1S/C15H18ClFN4O/c1-10(2)15(12-4-3-11(16)7-13(12)17)20-14(22)5-6-21-9-18-8-19-21/h3-4,7-10,15H,5-6H2,1-2H3,(H,20,22). The first kappa shape index (κ1) is 16.4. The van der Waals surface area contributed by atoms with E-state index in [0.717, 1.165) is 0 Å². The number of hydrogen-bond acceptors (Lipinski definition) is 3. The molecule has 1 heterocycles. The van der Waals surface area contributed by atoms with Crippen LogP contribution in [0.4, 0.5) is 4.39 Å². The minimum absolute atomic E-state index is 0.0472. The van der Waals surface area contributed by atoms with Gasteiger partial charge in [-0.2, -0.15) is 5.10 Å². The van der Waals surface area contributed by atoms with E-state index in [9.17, 15) is 9.18 Å². The molecule has 22 heavy (non-hydrogen) atoms. The first-order chi connectivity index (χ1) is 10.5. The second kappa shape index (κ2) is 7.35. The monoisotopic (exact) mass is 324 g/mol. The van der Waals surface area contributed by atoms with E-state index in [1.807, 2.05) is 13.8 Å². The van der Waals surface area contributed by atoms with Gasteiger partial charge in [-0.3, -0.25) is 9.48 Å². The number of aromatic nitrogens is 3. The van der Waals surface area contributed by atoms with Crippen molar-refractivity contribution in [2.75, 3.05) is 0 Å². The van der Waals surface area contributed by atoms with E-state index in [1.54, 1.807) is 23.1 Å². The maximum absolute atomic E-state index is 14.1. The van der Waals surface area contributed by atoms with Crippen LogP contribution in [0.3, 0.4) is 0 Å². The van der Waals surface area contributed by atoms with Crippen LogP contribution in [0.15, 0.2) is 30.9 Å². The molecule has 1 unspecified atom stereocenters. The van der Waals surface area contributed by atoms with Crippen LogP contribution >= 0.6 is 11.6 Å². The van der Waals surface area contributed by atoms with Gasteiger partial charge >= 0.3 is 0 Å². The molecule has 1 amide bonds. The third-order valence-corrected chi connectivity index (χ3v) is 3.55. The predicted molar refractivity (Wildman–Crippen MR) is 81.8 cm³/mol. The van der Waals surface area contributed by atoms with Crippen molar-refractivity contribution in [3.63, 3.8) is 0 Å². The summed E-state index contributed by atoms with van der Waals surface area (Å²) in [6.07, 6.45) is 3.21. The van der Waals surface area contributed by atoms with Crippen LogP contribution in [0.25, 0.3) is 0 Å². The Morgan fingerprint density at radius 3 is 2.82 bits per heavy atom. The zero-order chi connectivity index (χ0) is 16.1. The van der Waals surface area contributed by atoms with Crippen molar-refractivity contribution < 1.29 is 9.18 Å². The highest BCUT2D eigenvalue weighted by atomic mass is 35.5. The largest absolute Gasteiger partial charge is 0.349 e. The zero-order valence-corrected chi connectivity index (χ0v) is 13.2. The number of nitrogens with zero attached hydrogens (tertiary/aromatic N) is 3. The smallest absolute Gasteiger partial charge is 0.222 e. The van der Waals surface area contributed by atoms with Gasteiger partial charge in [0.2, 0.25) is 5.91 Å². The molecule has 0 spiro atoms. The summed E-state index contributed by atoms with van der Waals surface area (Å²) in [7, 11) is 0. The molecule has 0 saturated heterocycles. The van der Waals surface area contributed by atoms with E-state index in [0.29, 0.717) is 17.1 Å². The Morgan fingerprint density at radius 2 is 2.23 bits per heavy atom. The molecule has 118 valence electrons. The maximum Gasteiger partial charge on any atom is 0.222 e. The SMILES string of the molecule is CC(C)C(NC(=O)CCn1cncn1)c1ccc(Cl)cc1F. The van der Waals surface area contributed by atoms with Gasteiger partial charge < -0.3 is 5.32 Å². The lowest BCUT2D eigenvalue weighted by atomic mass is 9.95. The van der Waals surface area contributed by atoms with E-state index < -0.39 is 11.9 Å². The number of hydrogen-bond donors (Lipinski definition) is 1. The predicted octanol–water partition coefficient (Wildman–Crippen LogP) is 2.97. The first-order valence-corrected chi connectivity index (χ1v) is 7.42. The van der Waals surface area contributed by atoms with Gasteiger partial charge in [0.15, 0.2) is 0 Å². The molecule has 1 aromatic carbocycles. The second-order valence-electron chi connectivity index (χ2n) is 5.36. The summed E-state index contributed by atoms with van der Waals surface area (Å²) < 4.78 is 15.6. The molecular formula is C15H18ClFN4O. The number of carbonyl (C=O) groups excluding carboxylic acids is 1. The molecule has 0 bridgehead atoms. The van der Waals surface area contributed by atoms with Gasteiger partial charge in [0.25, 0.3) is 0 Å². The molecule has 2 aromatic rings. The lowest BCUT2D eigenvalue weighted by molar-refractivity contribution is -0.122. The summed E-state index contributed by atoms with van der Waals surface area (Å²) in [5, 5.41) is 7.14. The highest BCUT2D eigenvalue weighted by Crippen LogP contribution is 2.26.